The molecule has 0 bridgehead atoms. The minimum absolute atomic E-state index is 0. The summed E-state index contributed by atoms with van der Waals surface area (Å²) in [6, 6.07) is 3.13. The Morgan fingerprint density at radius 2 is 2.14 bits per heavy atom. The number of halogens is 3. The molecule has 1 saturated carbocycles. The second kappa shape index (κ2) is 7.68. The van der Waals surface area contributed by atoms with Crippen molar-refractivity contribution in [2.75, 3.05) is 25.5 Å². The Kier molecular flexibility index (Phi) is 6.51. The van der Waals surface area contributed by atoms with E-state index < -0.39 is 11.6 Å². The number of nitrogens with one attached hydrogen (secondary N) is 1. The number of carbonyl (C=O) groups is 1. The van der Waals surface area contributed by atoms with Gasteiger partial charge in [0.25, 0.3) is 0 Å². The molecule has 21 heavy (non-hydrogen) atoms. The van der Waals surface area contributed by atoms with Crippen LogP contribution in [0.3, 0.4) is 0 Å². The van der Waals surface area contributed by atoms with E-state index in [1.807, 2.05) is 11.9 Å². The largest absolute Gasteiger partial charge is 0.329 e. The van der Waals surface area contributed by atoms with E-state index in [0.29, 0.717) is 12.5 Å². The van der Waals surface area contributed by atoms with Crippen LogP contribution >= 0.6 is 12.4 Å². The van der Waals surface area contributed by atoms with E-state index in [1.165, 1.54) is 0 Å². The fraction of sp³-hybridized carbons (Fsp3) is 0.500. The zero-order valence-corrected chi connectivity index (χ0v) is 12.6. The third-order valence-electron chi connectivity index (χ3n) is 3.57. The molecule has 0 aliphatic heterocycles. The first-order chi connectivity index (χ1) is 9.51. The van der Waals surface area contributed by atoms with Gasteiger partial charge in [0.05, 0.1) is 12.2 Å². The van der Waals surface area contributed by atoms with Gasteiger partial charge in [0, 0.05) is 18.7 Å². The molecule has 1 aromatic carbocycles. The summed E-state index contributed by atoms with van der Waals surface area (Å²) < 4.78 is 26.4. The second-order valence-electron chi connectivity index (χ2n) is 5.23. The number of nitrogens with zero attached hydrogens (tertiary/aromatic N) is 1. The van der Waals surface area contributed by atoms with Crippen molar-refractivity contribution in [2.24, 2.45) is 11.7 Å². The van der Waals surface area contributed by atoms with Crippen LogP contribution in [0.2, 0.25) is 0 Å². The number of hydrogen-bond donors (Lipinski definition) is 2. The van der Waals surface area contributed by atoms with Crippen molar-refractivity contribution >= 4 is 24.0 Å². The highest BCUT2D eigenvalue weighted by Gasteiger charge is 2.33. The van der Waals surface area contributed by atoms with E-state index >= 15 is 0 Å². The predicted molar refractivity (Wildman–Crippen MR) is 80.4 cm³/mol. The highest BCUT2D eigenvalue weighted by molar-refractivity contribution is 5.92. The van der Waals surface area contributed by atoms with Gasteiger partial charge in [0.15, 0.2) is 0 Å². The van der Waals surface area contributed by atoms with E-state index in [1.54, 1.807) is 0 Å². The minimum atomic E-state index is -0.653. The number of rotatable bonds is 6. The molecule has 0 radical (unpaired) electrons. The quantitative estimate of drug-likeness (QED) is 0.843. The summed E-state index contributed by atoms with van der Waals surface area (Å²) in [6.45, 7) is 0.594. The normalized spacial score (nSPS) is 15.5. The highest BCUT2D eigenvalue weighted by Crippen LogP contribution is 2.34. The monoisotopic (exact) mass is 319 g/mol. The van der Waals surface area contributed by atoms with E-state index in [0.717, 1.165) is 31.0 Å². The van der Waals surface area contributed by atoms with Crippen LogP contribution in [-0.2, 0) is 4.79 Å². The van der Waals surface area contributed by atoms with Gasteiger partial charge in [-0.2, -0.15) is 0 Å². The molecule has 118 valence electrons. The molecule has 0 aromatic heterocycles. The number of hydrogen-bond acceptors (Lipinski definition) is 3. The summed E-state index contributed by atoms with van der Waals surface area (Å²) in [7, 11) is 1.82. The molecule has 3 N–H and O–H groups in total. The topological polar surface area (TPSA) is 58.4 Å². The standard InChI is InChI=1S/C14H19F2N3O.ClH/c1-19(13(7-17)9-2-3-9)8-14(20)18-12-6-10(15)4-5-11(12)16;/h4-6,9,13H,2-3,7-8,17H2,1H3,(H,18,20);1H. The van der Waals surface area contributed by atoms with Crippen LogP contribution in [0.5, 0.6) is 0 Å². The summed E-state index contributed by atoms with van der Waals surface area (Å²) in [5, 5.41) is 2.38. The summed E-state index contributed by atoms with van der Waals surface area (Å²) in [5.74, 6) is -1.08. The van der Waals surface area contributed by atoms with Gasteiger partial charge in [-0.25, -0.2) is 8.78 Å². The Bertz CT molecular complexity index is 497. The fourth-order valence-electron chi connectivity index (χ4n) is 2.34. The van der Waals surface area contributed by atoms with Gasteiger partial charge in [0.1, 0.15) is 11.6 Å². The lowest BCUT2D eigenvalue weighted by Crippen LogP contribution is -2.43. The molecular formula is C14H20ClF2N3O. The molecule has 1 amide bonds. The Hall–Kier alpha value is -1.24. The number of amides is 1. The number of anilines is 1. The Labute approximate surface area is 129 Å². The molecule has 0 spiro atoms. The average Bonchev–Trinajstić information content (AvgIpc) is 3.19. The van der Waals surface area contributed by atoms with E-state index in [-0.39, 0.29) is 36.6 Å². The Balaban J connectivity index is 0.00000220. The second-order valence-corrected chi connectivity index (χ2v) is 5.23. The lowest BCUT2D eigenvalue weighted by molar-refractivity contribution is -0.117. The summed E-state index contributed by atoms with van der Waals surface area (Å²) in [4.78, 5) is 13.7. The van der Waals surface area contributed by atoms with Gasteiger partial charge >= 0.3 is 0 Å². The minimum Gasteiger partial charge on any atom is -0.329 e. The number of nitrogens with two attached hydrogens (primary N) is 1. The van der Waals surface area contributed by atoms with Crippen molar-refractivity contribution in [2.45, 2.75) is 18.9 Å². The summed E-state index contributed by atoms with van der Waals surface area (Å²) in [5.41, 5.74) is 5.56. The van der Waals surface area contributed by atoms with Crippen LogP contribution in [0.4, 0.5) is 14.5 Å². The molecular weight excluding hydrogens is 300 g/mol. The third-order valence-corrected chi connectivity index (χ3v) is 3.57. The number of likely N-dealkylation sites (N-methyl/N-ethyl adjacent to an activating group) is 1. The molecule has 1 atom stereocenters. The fourth-order valence-corrected chi connectivity index (χ4v) is 2.34. The molecule has 1 fully saturated rings. The maximum atomic E-state index is 13.4. The van der Waals surface area contributed by atoms with Gasteiger partial charge in [-0.1, -0.05) is 0 Å². The van der Waals surface area contributed by atoms with E-state index in [4.69, 9.17) is 5.73 Å². The van der Waals surface area contributed by atoms with Gasteiger partial charge in [-0.3, -0.25) is 9.69 Å². The lowest BCUT2D eigenvalue weighted by Gasteiger charge is -2.26. The van der Waals surface area contributed by atoms with Crippen molar-refractivity contribution in [1.82, 2.24) is 4.90 Å². The van der Waals surface area contributed by atoms with Crippen LogP contribution in [0.15, 0.2) is 18.2 Å². The molecule has 2 rings (SSSR count). The third kappa shape index (κ3) is 4.91. The highest BCUT2D eigenvalue weighted by atomic mass is 35.5. The number of benzene rings is 1. The molecule has 1 unspecified atom stereocenters. The molecule has 1 aromatic rings. The van der Waals surface area contributed by atoms with Crippen LogP contribution in [0.1, 0.15) is 12.8 Å². The predicted octanol–water partition coefficient (Wildman–Crippen LogP) is 1.99. The van der Waals surface area contributed by atoms with Crippen LogP contribution in [0, 0.1) is 17.6 Å². The molecule has 1 aliphatic carbocycles. The first kappa shape index (κ1) is 17.8. The SMILES string of the molecule is CN(CC(=O)Nc1cc(F)ccc1F)C(CN)C1CC1.Cl. The molecule has 7 heteroatoms. The molecule has 0 saturated heterocycles. The first-order valence-corrected chi connectivity index (χ1v) is 6.66. The van der Waals surface area contributed by atoms with E-state index in [9.17, 15) is 13.6 Å². The van der Waals surface area contributed by atoms with Crippen molar-refractivity contribution in [3.63, 3.8) is 0 Å². The lowest BCUT2D eigenvalue weighted by atomic mass is 10.1. The first-order valence-electron chi connectivity index (χ1n) is 6.66. The molecule has 4 nitrogen and oxygen atoms in total. The maximum Gasteiger partial charge on any atom is 0.238 e. The van der Waals surface area contributed by atoms with Crippen LogP contribution in [0.25, 0.3) is 0 Å². The van der Waals surface area contributed by atoms with Crippen molar-refractivity contribution < 1.29 is 13.6 Å². The van der Waals surface area contributed by atoms with Crippen LogP contribution < -0.4 is 11.1 Å². The summed E-state index contributed by atoms with van der Waals surface area (Å²) in [6.07, 6.45) is 2.26. The van der Waals surface area contributed by atoms with Gasteiger partial charge < -0.3 is 11.1 Å². The molecule has 0 heterocycles. The average molecular weight is 320 g/mol. The number of carbonyl (C=O) groups excluding carboxylic acids is 1. The Morgan fingerprint density at radius 3 is 2.71 bits per heavy atom. The smallest absolute Gasteiger partial charge is 0.238 e. The van der Waals surface area contributed by atoms with Crippen LogP contribution in [-0.4, -0.2) is 37.0 Å². The van der Waals surface area contributed by atoms with Crippen molar-refractivity contribution in [1.29, 1.82) is 0 Å². The zero-order valence-electron chi connectivity index (χ0n) is 11.8. The van der Waals surface area contributed by atoms with Crippen molar-refractivity contribution in [3.05, 3.63) is 29.8 Å². The van der Waals surface area contributed by atoms with Crippen molar-refractivity contribution in [3.8, 4) is 0 Å². The maximum absolute atomic E-state index is 13.4. The summed E-state index contributed by atoms with van der Waals surface area (Å²) >= 11 is 0. The molecule has 1 aliphatic rings. The van der Waals surface area contributed by atoms with Gasteiger partial charge in [-0.05, 0) is 37.9 Å². The Morgan fingerprint density at radius 1 is 1.48 bits per heavy atom. The van der Waals surface area contributed by atoms with Gasteiger partial charge in [0.2, 0.25) is 5.91 Å². The zero-order chi connectivity index (χ0) is 14.7. The van der Waals surface area contributed by atoms with E-state index in [2.05, 4.69) is 5.32 Å². The van der Waals surface area contributed by atoms with Gasteiger partial charge in [-0.15, -0.1) is 12.4 Å².